The molecule has 0 aromatic carbocycles. The third kappa shape index (κ3) is 2.52. The summed E-state index contributed by atoms with van der Waals surface area (Å²) < 4.78 is 10.9. The van der Waals surface area contributed by atoms with Gasteiger partial charge in [-0.3, -0.25) is 10.00 Å². The molecule has 8 nitrogen and oxygen atoms in total. The molecule has 3 N–H and O–H groups in total. The van der Waals surface area contributed by atoms with E-state index in [1.165, 1.54) is 0 Å². The van der Waals surface area contributed by atoms with E-state index >= 15 is 0 Å². The number of rotatable bonds is 3. The predicted octanol–water partition coefficient (Wildman–Crippen LogP) is 0.824. The molecule has 8 heteroatoms. The number of H-pyrrole nitrogens is 1. The van der Waals surface area contributed by atoms with Crippen molar-refractivity contribution >= 4 is 5.82 Å². The number of aromatic nitrogens is 4. The van der Waals surface area contributed by atoms with E-state index in [1.54, 1.807) is 6.07 Å². The maximum absolute atomic E-state index is 5.72. The lowest BCUT2D eigenvalue weighted by molar-refractivity contribution is -0.0450. The highest BCUT2D eigenvalue weighted by atomic mass is 16.5. The van der Waals surface area contributed by atoms with Gasteiger partial charge >= 0.3 is 0 Å². The minimum absolute atomic E-state index is 0.163. The Hall–Kier alpha value is -1.93. The summed E-state index contributed by atoms with van der Waals surface area (Å²) in [5.41, 5.74) is 6.16. The molecule has 1 aliphatic heterocycles. The Bertz CT molecular complexity index is 578. The molecule has 1 unspecified atom stereocenters. The quantitative estimate of drug-likeness (QED) is 0.856. The fourth-order valence-electron chi connectivity index (χ4n) is 2.22. The smallest absolute Gasteiger partial charge is 0.276 e. The van der Waals surface area contributed by atoms with E-state index in [0.29, 0.717) is 35.9 Å². The lowest BCUT2D eigenvalue weighted by Gasteiger charge is -2.34. The number of nitrogen functional groups attached to an aromatic ring is 1. The van der Waals surface area contributed by atoms with Crippen LogP contribution in [0.2, 0.25) is 0 Å². The van der Waals surface area contributed by atoms with Gasteiger partial charge in [0.2, 0.25) is 5.82 Å². The Morgan fingerprint density at radius 2 is 2.35 bits per heavy atom. The number of anilines is 1. The number of nitrogens with one attached hydrogen (secondary N) is 1. The topological polar surface area (TPSA) is 106 Å². The molecule has 0 saturated carbocycles. The first-order valence-electron chi connectivity index (χ1n) is 6.64. The van der Waals surface area contributed by atoms with Crippen LogP contribution in [0.5, 0.6) is 0 Å². The van der Waals surface area contributed by atoms with E-state index in [9.17, 15) is 0 Å². The van der Waals surface area contributed by atoms with Gasteiger partial charge in [-0.2, -0.15) is 10.1 Å². The number of hydrogen-bond donors (Lipinski definition) is 2. The van der Waals surface area contributed by atoms with Crippen molar-refractivity contribution in [2.75, 3.05) is 25.4 Å². The van der Waals surface area contributed by atoms with Crippen molar-refractivity contribution in [3.8, 4) is 11.6 Å². The molecule has 20 heavy (non-hydrogen) atoms. The molecule has 1 aliphatic rings. The van der Waals surface area contributed by atoms with Gasteiger partial charge < -0.3 is 15.0 Å². The summed E-state index contributed by atoms with van der Waals surface area (Å²) in [6, 6.07) is 2.12. The normalized spacial score (nSPS) is 20.6. The van der Waals surface area contributed by atoms with Gasteiger partial charge in [0.15, 0.2) is 0 Å². The molecular formula is C12H18N6O2. The molecule has 1 atom stereocenters. The van der Waals surface area contributed by atoms with Crippen LogP contribution in [0.15, 0.2) is 10.6 Å². The molecule has 2 aromatic heterocycles. The van der Waals surface area contributed by atoms with Gasteiger partial charge in [-0.05, 0) is 13.8 Å². The Labute approximate surface area is 116 Å². The number of aromatic amines is 1. The third-order valence-electron chi connectivity index (χ3n) is 3.39. The van der Waals surface area contributed by atoms with Crippen LogP contribution in [0.4, 0.5) is 5.82 Å². The molecule has 3 heterocycles. The maximum Gasteiger partial charge on any atom is 0.276 e. The Balaban J connectivity index is 1.76. The van der Waals surface area contributed by atoms with Crippen molar-refractivity contribution in [2.45, 2.75) is 26.0 Å². The van der Waals surface area contributed by atoms with Crippen LogP contribution >= 0.6 is 0 Å². The number of hydrogen-bond acceptors (Lipinski definition) is 7. The largest absolute Gasteiger partial charge is 0.382 e. The Kier molecular flexibility index (Phi) is 3.41. The second-order valence-corrected chi connectivity index (χ2v) is 5.11. The average molecular weight is 278 g/mol. The van der Waals surface area contributed by atoms with E-state index in [-0.39, 0.29) is 6.10 Å². The van der Waals surface area contributed by atoms with E-state index < -0.39 is 0 Å². The first-order chi connectivity index (χ1) is 9.63. The van der Waals surface area contributed by atoms with E-state index in [1.807, 2.05) is 0 Å². The Morgan fingerprint density at radius 1 is 1.50 bits per heavy atom. The van der Waals surface area contributed by atoms with Gasteiger partial charge in [0.25, 0.3) is 5.89 Å². The van der Waals surface area contributed by atoms with Crippen molar-refractivity contribution in [1.29, 1.82) is 0 Å². The summed E-state index contributed by atoms with van der Waals surface area (Å²) in [5.74, 6) is 1.31. The number of ether oxygens (including phenoxy) is 1. The molecular weight excluding hydrogens is 260 g/mol. The van der Waals surface area contributed by atoms with E-state index in [4.69, 9.17) is 15.0 Å². The first-order valence-corrected chi connectivity index (χ1v) is 6.64. The second-order valence-electron chi connectivity index (χ2n) is 5.11. The first kappa shape index (κ1) is 13.1. The minimum atomic E-state index is -0.163. The summed E-state index contributed by atoms with van der Waals surface area (Å²) >= 11 is 0. The summed E-state index contributed by atoms with van der Waals surface area (Å²) in [5, 5.41) is 10.6. The minimum Gasteiger partial charge on any atom is -0.382 e. The molecule has 0 aliphatic carbocycles. The van der Waals surface area contributed by atoms with Crippen LogP contribution in [0, 0.1) is 0 Å². The summed E-state index contributed by atoms with van der Waals surface area (Å²) in [6.07, 6.45) is -0.163. The molecule has 1 fully saturated rings. The van der Waals surface area contributed by atoms with Crippen molar-refractivity contribution in [2.24, 2.45) is 0 Å². The van der Waals surface area contributed by atoms with Crippen LogP contribution in [0.1, 0.15) is 25.8 Å². The van der Waals surface area contributed by atoms with Gasteiger partial charge in [0.1, 0.15) is 17.6 Å². The third-order valence-corrected chi connectivity index (χ3v) is 3.39. The number of morpholine rings is 1. The SMILES string of the molecule is CC(C)N1CCOC(c2noc(-c3cc(N)n[nH]3)n2)C1. The Morgan fingerprint density at radius 3 is 3.05 bits per heavy atom. The fraction of sp³-hybridized carbons (Fsp3) is 0.583. The van der Waals surface area contributed by atoms with Crippen LogP contribution in [0.3, 0.4) is 0 Å². The standard InChI is InChI=1S/C12H18N6O2/c1-7(2)18-3-4-19-9(6-18)11-14-12(20-17-11)8-5-10(13)16-15-8/h5,7,9H,3-4,6H2,1-2H3,(H3,13,15,16). The molecule has 0 bridgehead atoms. The zero-order valence-corrected chi connectivity index (χ0v) is 11.5. The molecule has 0 spiro atoms. The zero-order valence-electron chi connectivity index (χ0n) is 11.5. The van der Waals surface area contributed by atoms with Crippen LogP contribution in [-0.4, -0.2) is 51.0 Å². The summed E-state index contributed by atoms with van der Waals surface area (Å²) in [7, 11) is 0. The highest BCUT2D eigenvalue weighted by molar-refractivity contribution is 5.51. The van der Waals surface area contributed by atoms with Gasteiger partial charge in [0.05, 0.1) is 6.61 Å². The highest BCUT2D eigenvalue weighted by Crippen LogP contribution is 2.24. The molecule has 3 rings (SSSR count). The molecule has 0 radical (unpaired) electrons. The predicted molar refractivity (Wildman–Crippen MR) is 71.7 cm³/mol. The van der Waals surface area contributed by atoms with Crippen molar-refractivity contribution in [3.05, 3.63) is 11.9 Å². The lowest BCUT2D eigenvalue weighted by atomic mass is 10.2. The maximum atomic E-state index is 5.72. The van der Waals surface area contributed by atoms with Gasteiger partial charge in [-0.25, -0.2) is 0 Å². The monoisotopic (exact) mass is 278 g/mol. The molecule has 108 valence electrons. The molecule has 0 amide bonds. The average Bonchev–Trinajstić information content (AvgIpc) is 3.07. The van der Waals surface area contributed by atoms with Crippen molar-refractivity contribution in [1.82, 2.24) is 25.2 Å². The summed E-state index contributed by atoms with van der Waals surface area (Å²) in [4.78, 5) is 6.69. The van der Waals surface area contributed by atoms with Gasteiger partial charge in [0, 0.05) is 25.2 Å². The van der Waals surface area contributed by atoms with Crippen molar-refractivity contribution < 1.29 is 9.26 Å². The van der Waals surface area contributed by atoms with Gasteiger partial charge in [-0.15, -0.1) is 0 Å². The van der Waals surface area contributed by atoms with Crippen LogP contribution < -0.4 is 5.73 Å². The van der Waals surface area contributed by atoms with Crippen LogP contribution in [0.25, 0.3) is 11.6 Å². The second kappa shape index (κ2) is 5.22. The zero-order chi connectivity index (χ0) is 14.1. The van der Waals surface area contributed by atoms with E-state index in [2.05, 4.69) is 39.1 Å². The molecule has 2 aromatic rings. The fourth-order valence-corrected chi connectivity index (χ4v) is 2.22. The van der Waals surface area contributed by atoms with Crippen LogP contribution in [-0.2, 0) is 4.74 Å². The van der Waals surface area contributed by atoms with Gasteiger partial charge in [-0.1, -0.05) is 5.16 Å². The highest BCUT2D eigenvalue weighted by Gasteiger charge is 2.27. The number of nitrogens with zero attached hydrogens (tertiary/aromatic N) is 4. The number of nitrogens with two attached hydrogens (primary N) is 1. The molecule has 1 saturated heterocycles. The van der Waals surface area contributed by atoms with E-state index in [0.717, 1.165) is 13.1 Å². The lowest BCUT2D eigenvalue weighted by Crippen LogP contribution is -2.42. The van der Waals surface area contributed by atoms with Crippen molar-refractivity contribution in [3.63, 3.8) is 0 Å². The summed E-state index contributed by atoms with van der Waals surface area (Å²) in [6.45, 7) is 6.69.